The van der Waals surface area contributed by atoms with Crippen LogP contribution in [0.1, 0.15) is 59.3 Å². The van der Waals surface area contributed by atoms with Gasteiger partial charge >= 0.3 is 0 Å². The lowest BCUT2D eigenvalue weighted by Crippen LogP contribution is -1.94. The molecule has 0 bridgehead atoms. The van der Waals surface area contributed by atoms with Crippen molar-refractivity contribution in [3.8, 4) is 0 Å². The highest BCUT2D eigenvalue weighted by atomic mass is 31.1. The highest BCUT2D eigenvalue weighted by Gasteiger charge is 2.04. The summed E-state index contributed by atoms with van der Waals surface area (Å²) in [6.45, 7) is 6.95. The normalized spacial score (nSPS) is 11.1. The molecule has 0 aliphatic heterocycles. The highest BCUT2D eigenvalue weighted by Crippen LogP contribution is 2.37. The van der Waals surface area contributed by atoms with Gasteiger partial charge in [-0.3, -0.25) is 0 Å². The molecule has 0 atom stereocenters. The molecule has 0 nitrogen and oxygen atoms in total. The lowest BCUT2D eigenvalue weighted by Gasteiger charge is -2.15. The average Bonchev–Trinajstić information content (AvgIpc) is 2.13. The van der Waals surface area contributed by atoms with Gasteiger partial charge in [-0.2, -0.15) is 0 Å². The van der Waals surface area contributed by atoms with E-state index in [2.05, 4.69) is 20.8 Å². The van der Waals surface area contributed by atoms with Crippen LogP contribution in [0.2, 0.25) is 0 Å². The third-order valence-electron chi connectivity index (χ3n) is 2.41. The largest absolute Gasteiger partial charge is 0.107 e. The van der Waals surface area contributed by atoms with Crippen LogP contribution < -0.4 is 0 Å². The number of unbranched alkanes of at least 4 members (excludes halogenated alkanes) is 3. The summed E-state index contributed by atoms with van der Waals surface area (Å²) < 4.78 is 0. The highest BCUT2D eigenvalue weighted by molar-refractivity contribution is 7.57. The second-order valence-corrected chi connectivity index (χ2v) is 6.59. The van der Waals surface area contributed by atoms with Crippen LogP contribution in [-0.2, 0) is 0 Å². The van der Waals surface area contributed by atoms with Gasteiger partial charge in [0.05, 0.1) is 0 Å². The minimum atomic E-state index is 0.423. The van der Waals surface area contributed by atoms with E-state index in [0.29, 0.717) is 7.92 Å². The molecule has 0 radical (unpaired) electrons. The van der Waals surface area contributed by atoms with Crippen molar-refractivity contribution in [3.63, 3.8) is 0 Å². The predicted molar refractivity (Wildman–Crippen MR) is 66.2 cm³/mol. The Bertz CT molecular complexity index is 85.1. The van der Waals surface area contributed by atoms with Gasteiger partial charge < -0.3 is 0 Å². The summed E-state index contributed by atoms with van der Waals surface area (Å²) in [5, 5.41) is 0. The van der Waals surface area contributed by atoms with Crippen LogP contribution in [0.15, 0.2) is 0 Å². The number of hydrogen-bond acceptors (Lipinski definition) is 0. The van der Waals surface area contributed by atoms with Gasteiger partial charge in [-0.25, -0.2) is 0 Å². The zero-order valence-electron chi connectivity index (χ0n) is 9.81. The van der Waals surface area contributed by atoms with Crippen molar-refractivity contribution >= 4 is 7.92 Å². The molecule has 0 aromatic heterocycles. The third-order valence-corrected chi connectivity index (χ3v) is 5.52. The molecule has 0 saturated carbocycles. The molecule has 0 aliphatic carbocycles. The van der Waals surface area contributed by atoms with Gasteiger partial charge in [0.25, 0.3) is 0 Å². The van der Waals surface area contributed by atoms with Gasteiger partial charge in [-0.1, -0.05) is 52.9 Å². The molecule has 0 aliphatic rings. The SMILES string of the molecule is CCCCCCP(CCC)CCC. The van der Waals surface area contributed by atoms with Crippen molar-refractivity contribution in [2.45, 2.75) is 59.3 Å². The molecular weight excluding hydrogens is 175 g/mol. The zero-order chi connectivity index (χ0) is 9.94. The van der Waals surface area contributed by atoms with E-state index in [1.165, 1.54) is 50.8 Å². The van der Waals surface area contributed by atoms with E-state index in [4.69, 9.17) is 0 Å². The van der Waals surface area contributed by atoms with E-state index in [9.17, 15) is 0 Å². The summed E-state index contributed by atoms with van der Waals surface area (Å²) in [5.74, 6) is 0. The first-order valence-electron chi connectivity index (χ1n) is 6.07. The smallest absolute Gasteiger partial charge is 0.0326 e. The molecule has 80 valence electrons. The summed E-state index contributed by atoms with van der Waals surface area (Å²) >= 11 is 0. The van der Waals surface area contributed by atoms with Crippen LogP contribution in [0.5, 0.6) is 0 Å². The lowest BCUT2D eigenvalue weighted by atomic mass is 10.2. The van der Waals surface area contributed by atoms with Crippen molar-refractivity contribution < 1.29 is 0 Å². The topological polar surface area (TPSA) is 0 Å². The first-order chi connectivity index (χ1) is 6.35. The molecular formula is C12H27P. The molecule has 0 aromatic rings. The molecule has 13 heavy (non-hydrogen) atoms. The van der Waals surface area contributed by atoms with Crippen molar-refractivity contribution in [1.29, 1.82) is 0 Å². The van der Waals surface area contributed by atoms with Gasteiger partial charge in [0.15, 0.2) is 0 Å². The minimum Gasteiger partial charge on any atom is -0.107 e. The maximum absolute atomic E-state index is 2.33. The third kappa shape index (κ3) is 8.75. The second-order valence-electron chi connectivity index (χ2n) is 3.90. The Kier molecular flexibility index (Phi) is 10.9. The monoisotopic (exact) mass is 202 g/mol. The average molecular weight is 202 g/mol. The molecule has 0 fully saturated rings. The zero-order valence-corrected chi connectivity index (χ0v) is 10.7. The molecule has 0 spiro atoms. The summed E-state index contributed by atoms with van der Waals surface area (Å²) in [4.78, 5) is 0. The van der Waals surface area contributed by atoms with Crippen molar-refractivity contribution in [1.82, 2.24) is 0 Å². The van der Waals surface area contributed by atoms with Gasteiger partial charge in [-0.15, -0.1) is 7.92 Å². The molecule has 0 saturated heterocycles. The van der Waals surface area contributed by atoms with Gasteiger partial charge in [0, 0.05) is 0 Å². The lowest BCUT2D eigenvalue weighted by molar-refractivity contribution is 0.704. The molecule has 0 aromatic carbocycles. The Morgan fingerprint density at radius 3 is 1.69 bits per heavy atom. The van der Waals surface area contributed by atoms with E-state index in [1.807, 2.05) is 0 Å². The van der Waals surface area contributed by atoms with Crippen LogP contribution in [0, 0.1) is 0 Å². The van der Waals surface area contributed by atoms with Crippen molar-refractivity contribution in [3.05, 3.63) is 0 Å². The maximum atomic E-state index is 2.33. The van der Waals surface area contributed by atoms with E-state index in [-0.39, 0.29) is 0 Å². The van der Waals surface area contributed by atoms with Crippen LogP contribution >= 0.6 is 7.92 Å². The van der Waals surface area contributed by atoms with Crippen molar-refractivity contribution in [2.24, 2.45) is 0 Å². The predicted octanol–water partition coefficient (Wildman–Crippen LogP) is 4.87. The fourth-order valence-corrected chi connectivity index (χ4v) is 4.34. The van der Waals surface area contributed by atoms with E-state index in [1.54, 1.807) is 6.16 Å². The Labute approximate surface area is 86.3 Å². The fraction of sp³-hybridized carbons (Fsp3) is 1.00. The molecule has 0 unspecified atom stereocenters. The quantitative estimate of drug-likeness (QED) is 0.369. The Morgan fingerprint density at radius 1 is 0.615 bits per heavy atom. The van der Waals surface area contributed by atoms with Crippen LogP contribution in [0.3, 0.4) is 0 Å². The molecule has 0 N–H and O–H groups in total. The number of rotatable bonds is 9. The van der Waals surface area contributed by atoms with Gasteiger partial charge in [-0.05, 0) is 24.9 Å². The van der Waals surface area contributed by atoms with E-state index >= 15 is 0 Å². The summed E-state index contributed by atoms with van der Waals surface area (Å²) in [6, 6.07) is 0. The Balaban J connectivity index is 3.33. The minimum absolute atomic E-state index is 0.423. The molecule has 0 rings (SSSR count). The van der Waals surface area contributed by atoms with Gasteiger partial charge in [0.2, 0.25) is 0 Å². The first-order valence-corrected chi connectivity index (χ1v) is 7.97. The maximum Gasteiger partial charge on any atom is -0.0326 e. The molecule has 0 heterocycles. The second kappa shape index (κ2) is 10.5. The first kappa shape index (κ1) is 13.4. The van der Waals surface area contributed by atoms with Gasteiger partial charge in [0.1, 0.15) is 0 Å². The van der Waals surface area contributed by atoms with Crippen molar-refractivity contribution in [2.75, 3.05) is 18.5 Å². The van der Waals surface area contributed by atoms with Crippen LogP contribution in [-0.4, -0.2) is 18.5 Å². The van der Waals surface area contributed by atoms with E-state index in [0.717, 1.165) is 0 Å². The molecule has 0 amide bonds. The van der Waals surface area contributed by atoms with E-state index < -0.39 is 0 Å². The standard InChI is InChI=1S/C12H27P/c1-4-7-8-9-12-13(10-5-2)11-6-3/h4-12H2,1-3H3. The summed E-state index contributed by atoms with van der Waals surface area (Å²) in [5.41, 5.74) is 0. The fourth-order valence-electron chi connectivity index (χ4n) is 1.73. The van der Waals surface area contributed by atoms with Crippen LogP contribution in [0.4, 0.5) is 0 Å². The summed E-state index contributed by atoms with van der Waals surface area (Å²) in [7, 11) is 0.423. The van der Waals surface area contributed by atoms with Crippen LogP contribution in [0.25, 0.3) is 0 Å². The Hall–Kier alpha value is 0.430. The molecule has 1 heteroatoms. The number of hydrogen-bond donors (Lipinski definition) is 0. The Morgan fingerprint density at radius 2 is 1.23 bits per heavy atom. The summed E-state index contributed by atoms with van der Waals surface area (Å²) in [6.07, 6.45) is 13.2.